The van der Waals surface area contributed by atoms with E-state index in [-0.39, 0.29) is 5.41 Å². The van der Waals surface area contributed by atoms with E-state index in [0.29, 0.717) is 13.1 Å². The average molecular weight is 260 g/mol. The molecule has 0 aliphatic carbocycles. The number of hydrogen-bond acceptors (Lipinski definition) is 3. The molecule has 0 aromatic rings. The summed E-state index contributed by atoms with van der Waals surface area (Å²) in [5, 5.41) is 0. The molecule has 0 spiro atoms. The molecule has 5 heteroatoms. The number of allylic oxidation sites excluding steroid dienone is 1. The highest BCUT2D eigenvalue weighted by Crippen LogP contribution is 2.23. The van der Waals surface area contributed by atoms with Crippen LogP contribution in [0.1, 0.15) is 20.3 Å². The maximum Gasteiger partial charge on any atom is 0.211 e. The van der Waals surface area contributed by atoms with E-state index in [1.807, 2.05) is 6.08 Å². The van der Waals surface area contributed by atoms with Crippen molar-refractivity contribution < 1.29 is 8.42 Å². The summed E-state index contributed by atoms with van der Waals surface area (Å²) in [5.74, 6) is 0. The van der Waals surface area contributed by atoms with E-state index in [0.717, 1.165) is 26.1 Å². The van der Waals surface area contributed by atoms with Gasteiger partial charge in [-0.2, -0.15) is 4.31 Å². The molecular formula is C12H24N2O2S. The Morgan fingerprint density at radius 1 is 1.24 bits per heavy atom. The Hall–Kier alpha value is -0.390. The Balaban J connectivity index is 2.45. The highest BCUT2D eigenvalue weighted by Gasteiger charge is 2.26. The quantitative estimate of drug-likeness (QED) is 0.697. The number of rotatable bonds is 5. The second-order valence-corrected chi connectivity index (χ2v) is 7.58. The molecule has 0 unspecified atom stereocenters. The summed E-state index contributed by atoms with van der Waals surface area (Å²) in [4.78, 5) is 2.34. The Bertz CT molecular complexity index is 355. The molecule has 0 saturated carbocycles. The lowest BCUT2D eigenvalue weighted by molar-refractivity contribution is 0.133. The molecule has 1 fully saturated rings. The van der Waals surface area contributed by atoms with E-state index in [1.54, 1.807) is 4.31 Å². The fraction of sp³-hybridized carbons (Fsp3) is 0.833. The first kappa shape index (κ1) is 14.7. The van der Waals surface area contributed by atoms with Crippen LogP contribution in [0.2, 0.25) is 0 Å². The lowest BCUT2D eigenvalue weighted by Gasteiger charge is -2.37. The molecule has 100 valence electrons. The summed E-state index contributed by atoms with van der Waals surface area (Å²) < 4.78 is 24.3. The SMILES string of the molecule is C=CCC(C)(C)CN1CCN(S(C)(=O)=O)CC1. The second kappa shape index (κ2) is 5.50. The fourth-order valence-corrected chi connectivity index (χ4v) is 3.11. The van der Waals surface area contributed by atoms with Crippen LogP contribution in [0.3, 0.4) is 0 Å². The van der Waals surface area contributed by atoms with Crippen molar-refractivity contribution in [2.24, 2.45) is 5.41 Å². The standard InChI is InChI=1S/C12H24N2O2S/c1-5-6-12(2,3)11-13-7-9-14(10-8-13)17(4,15)16/h5H,1,6-11H2,2-4H3. The monoisotopic (exact) mass is 260 g/mol. The van der Waals surface area contributed by atoms with Crippen molar-refractivity contribution in [3.05, 3.63) is 12.7 Å². The largest absolute Gasteiger partial charge is 0.300 e. The Morgan fingerprint density at radius 3 is 2.18 bits per heavy atom. The smallest absolute Gasteiger partial charge is 0.211 e. The summed E-state index contributed by atoms with van der Waals surface area (Å²) in [5.41, 5.74) is 0.217. The van der Waals surface area contributed by atoms with E-state index in [1.165, 1.54) is 6.26 Å². The molecule has 1 saturated heterocycles. The van der Waals surface area contributed by atoms with Crippen LogP contribution in [0.15, 0.2) is 12.7 Å². The van der Waals surface area contributed by atoms with E-state index in [2.05, 4.69) is 25.3 Å². The maximum absolute atomic E-state index is 11.4. The minimum absolute atomic E-state index is 0.217. The minimum Gasteiger partial charge on any atom is -0.300 e. The van der Waals surface area contributed by atoms with Gasteiger partial charge in [-0.3, -0.25) is 0 Å². The van der Waals surface area contributed by atoms with Crippen molar-refractivity contribution in [1.82, 2.24) is 9.21 Å². The van der Waals surface area contributed by atoms with Crippen molar-refractivity contribution in [2.75, 3.05) is 39.0 Å². The minimum atomic E-state index is -3.01. The molecular weight excluding hydrogens is 236 g/mol. The third-order valence-corrected chi connectivity index (χ3v) is 4.45. The average Bonchev–Trinajstić information content (AvgIpc) is 2.16. The van der Waals surface area contributed by atoms with Gasteiger partial charge in [0.25, 0.3) is 0 Å². The van der Waals surface area contributed by atoms with Crippen molar-refractivity contribution >= 4 is 10.0 Å². The van der Waals surface area contributed by atoms with Gasteiger partial charge in [0.1, 0.15) is 0 Å². The third kappa shape index (κ3) is 4.77. The normalized spacial score (nSPS) is 20.4. The molecule has 17 heavy (non-hydrogen) atoms. The van der Waals surface area contributed by atoms with Crippen molar-refractivity contribution in [1.29, 1.82) is 0 Å². The van der Waals surface area contributed by atoms with Gasteiger partial charge in [0.05, 0.1) is 6.26 Å². The summed E-state index contributed by atoms with van der Waals surface area (Å²) in [7, 11) is -3.01. The summed E-state index contributed by atoms with van der Waals surface area (Å²) in [6.07, 6.45) is 4.22. The van der Waals surface area contributed by atoms with Crippen LogP contribution >= 0.6 is 0 Å². The highest BCUT2D eigenvalue weighted by molar-refractivity contribution is 7.88. The molecule has 0 aromatic heterocycles. The van der Waals surface area contributed by atoms with Crippen LogP contribution in [-0.4, -0.2) is 56.6 Å². The maximum atomic E-state index is 11.4. The van der Waals surface area contributed by atoms with Crippen LogP contribution in [0, 0.1) is 5.41 Å². The number of hydrogen-bond donors (Lipinski definition) is 0. The fourth-order valence-electron chi connectivity index (χ4n) is 2.28. The molecule has 0 atom stereocenters. The first-order chi connectivity index (χ1) is 7.74. The molecule has 0 bridgehead atoms. The van der Waals surface area contributed by atoms with Crippen molar-refractivity contribution in [2.45, 2.75) is 20.3 Å². The van der Waals surface area contributed by atoms with Gasteiger partial charge in [-0.15, -0.1) is 6.58 Å². The van der Waals surface area contributed by atoms with Gasteiger partial charge < -0.3 is 4.90 Å². The first-order valence-electron chi connectivity index (χ1n) is 6.03. The van der Waals surface area contributed by atoms with E-state index in [4.69, 9.17) is 0 Å². The zero-order chi connectivity index (χ0) is 13.1. The van der Waals surface area contributed by atoms with Crippen LogP contribution in [0.4, 0.5) is 0 Å². The topological polar surface area (TPSA) is 40.6 Å². The Labute approximate surface area is 105 Å². The molecule has 1 heterocycles. The lowest BCUT2D eigenvalue weighted by atomic mass is 9.88. The summed E-state index contributed by atoms with van der Waals surface area (Å²) >= 11 is 0. The molecule has 1 rings (SSSR count). The Morgan fingerprint density at radius 2 is 1.76 bits per heavy atom. The highest BCUT2D eigenvalue weighted by atomic mass is 32.2. The Kier molecular flexibility index (Phi) is 4.75. The van der Waals surface area contributed by atoms with Gasteiger partial charge >= 0.3 is 0 Å². The third-order valence-electron chi connectivity index (χ3n) is 3.15. The number of piperazine rings is 1. The lowest BCUT2D eigenvalue weighted by Crippen LogP contribution is -2.50. The number of nitrogens with zero attached hydrogens (tertiary/aromatic N) is 2. The molecule has 4 nitrogen and oxygen atoms in total. The van der Waals surface area contributed by atoms with Gasteiger partial charge in [0.2, 0.25) is 10.0 Å². The van der Waals surface area contributed by atoms with Crippen LogP contribution in [-0.2, 0) is 10.0 Å². The van der Waals surface area contributed by atoms with E-state index in [9.17, 15) is 8.42 Å². The van der Waals surface area contributed by atoms with Crippen molar-refractivity contribution in [3.8, 4) is 0 Å². The van der Waals surface area contributed by atoms with Gasteiger partial charge in [0, 0.05) is 32.7 Å². The molecule has 0 aromatic carbocycles. The first-order valence-corrected chi connectivity index (χ1v) is 7.88. The molecule has 1 aliphatic heterocycles. The molecule has 0 amide bonds. The van der Waals surface area contributed by atoms with Gasteiger partial charge in [-0.1, -0.05) is 19.9 Å². The number of sulfonamides is 1. The predicted molar refractivity (Wildman–Crippen MR) is 71.5 cm³/mol. The zero-order valence-electron chi connectivity index (χ0n) is 11.1. The second-order valence-electron chi connectivity index (χ2n) is 5.60. The van der Waals surface area contributed by atoms with Crippen LogP contribution in [0.5, 0.6) is 0 Å². The van der Waals surface area contributed by atoms with Crippen LogP contribution in [0.25, 0.3) is 0 Å². The van der Waals surface area contributed by atoms with Crippen molar-refractivity contribution in [3.63, 3.8) is 0 Å². The van der Waals surface area contributed by atoms with E-state index >= 15 is 0 Å². The van der Waals surface area contributed by atoms with E-state index < -0.39 is 10.0 Å². The summed E-state index contributed by atoms with van der Waals surface area (Å²) in [6.45, 7) is 12.1. The summed E-state index contributed by atoms with van der Waals surface area (Å²) in [6, 6.07) is 0. The zero-order valence-corrected chi connectivity index (χ0v) is 12.0. The molecule has 0 radical (unpaired) electrons. The predicted octanol–water partition coefficient (Wildman–Crippen LogP) is 1.17. The molecule has 0 N–H and O–H groups in total. The van der Waals surface area contributed by atoms with Gasteiger partial charge in [0.15, 0.2) is 0 Å². The molecule has 1 aliphatic rings. The van der Waals surface area contributed by atoms with Gasteiger partial charge in [-0.25, -0.2) is 8.42 Å². The van der Waals surface area contributed by atoms with Gasteiger partial charge in [-0.05, 0) is 11.8 Å². The van der Waals surface area contributed by atoms with Crippen LogP contribution < -0.4 is 0 Å².